The number of halogens is 7. The van der Waals surface area contributed by atoms with Crippen molar-refractivity contribution in [3.05, 3.63) is 0 Å². The Bertz CT molecular complexity index is 410. The summed E-state index contributed by atoms with van der Waals surface area (Å²) in [6, 6.07) is 0. The third-order valence-electron chi connectivity index (χ3n) is 3.11. The van der Waals surface area contributed by atoms with Crippen LogP contribution < -0.4 is 0 Å². The number of hydrogen-bond donors (Lipinski definition) is 1. The smallest absolute Gasteiger partial charge is 0.422 e. The van der Waals surface area contributed by atoms with Crippen molar-refractivity contribution >= 4 is 5.97 Å². The number of aliphatic carboxylic acids is 1. The molecule has 23 heavy (non-hydrogen) atoms. The van der Waals surface area contributed by atoms with Crippen LogP contribution in [0.2, 0.25) is 0 Å². The average molecular weight is 356 g/mol. The van der Waals surface area contributed by atoms with Crippen molar-refractivity contribution in [1.29, 1.82) is 0 Å². The maximum Gasteiger partial charge on any atom is 0.422 e. The molecule has 0 amide bonds. The van der Waals surface area contributed by atoms with Gasteiger partial charge in [-0.2, -0.15) is 17.6 Å². The van der Waals surface area contributed by atoms with E-state index in [-0.39, 0.29) is 0 Å². The van der Waals surface area contributed by atoms with Crippen molar-refractivity contribution in [1.82, 2.24) is 0 Å². The van der Waals surface area contributed by atoms with E-state index in [1.807, 2.05) is 0 Å². The summed E-state index contributed by atoms with van der Waals surface area (Å²) in [6.07, 6.45) is -8.91. The predicted molar refractivity (Wildman–Crippen MR) is 66.7 cm³/mol. The minimum Gasteiger partial charge on any atom is -0.481 e. The van der Waals surface area contributed by atoms with Crippen molar-refractivity contribution in [3.63, 3.8) is 0 Å². The summed E-state index contributed by atoms with van der Waals surface area (Å²) in [5, 5.41) is 8.29. The maximum atomic E-state index is 14.4. The molecule has 0 heterocycles. The Hall–Kier alpha value is -1.06. The largest absolute Gasteiger partial charge is 0.481 e. The highest BCUT2D eigenvalue weighted by Gasteiger charge is 2.69. The standard InChI is InChI=1S/C13H19F7O3/c1-9(2,14)12(18,10(3,4)15)23-13(19,20)11(16,17)7-5-6-8(21)22/h5-7H2,1-4H3,(H,21,22). The fraction of sp³-hybridized carbons (Fsp3) is 0.923. The molecule has 0 unspecified atom stereocenters. The molecule has 0 saturated heterocycles. The minimum atomic E-state index is -5.55. The Labute approximate surface area is 128 Å². The number of hydrogen-bond acceptors (Lipinski definition) is 2. The molecule has 0 atom stereocenters. The molecule has 0 aliphatic carbocycles. The van der Waals surface area contributed by atoms with E-state index in [4.69, 9.17) is 5.11 Å². The predicted octanol–water partition coefficient (Wildman–Crippen LogP) is 4.65. The van der Waals surface area contributed by atoms with Crippen LogP contribution in [-0.4, -0.2) is 40.3 Å². The molecule has 0 saturated carbocycles. The van der Waals surface area contributed by atoms with Gasteiger partial charge in [0.2, 0.25) is 0 Å². The SMILES string of the molecule is CC(C)(F)C(F)(OC(F)(F)C(F)(F)CCCC(=O)O)C(C)(C)F. The minimum absolute atomic E-state index is 0.368. The van der Waals surface area contributed by atoms with Gasteiger partial charge in [-0.05, 0) is 34.1 Å². The topological polar surface area (TPSA) is 46.5 Å². The van der Waals surface area contributed by atoms with Gasteiger partial charge in [0, 0.05) is 12.8 Å². The summed E-state index contributed by atoms with van der Waals surface area (Å²) in [4.78, 5) is 10.2. The second-order valence-corrected chi connectivity index (χ2v) is 6.11. The Morgan fingerprint density at radius 1 is 0.913 bits per heavy atom. The summed E-state index contributed by atoms with van der Waals surface area (Å²) in [7, 11) is 0. The molecule has 138 valence electrons. The number of carboxylic acids is 1. The molecular weight excluding hydrogens is 337 g/mol. The lowest BCUT2D eigenvalue weighted by molar-refractivity contribution is -0.438. The van der Waals surface area contributed by atoms with Crippen molar-refractivity contribution in [3.8, 4) is 0 Å². The molecule has 0 bridgehead atoms. The van der Waals surface area contributed by atoms with Gasteiger partial charge in [0.25, 0.3) is 5.85 Å². The second-order valence-electron chi connectivity index (χ2n) is 6.11. The Kier molecular flexibility index (Phi) is 6.15. The first-order chi connectivity index (χ1) is 9.87. The second kappa shape index (κ2) is 6.45. The molecule has 0 aromatic carbocycles. The van der Waals surface area contributed by atoms with E-state index in [9.17, 15) is 35.5 Å². The summed E-state index contributed by atoms with van der Waals surface area (Å²) in [5.74, 6) is -10.9. The molecule has 10 heteroatoms. The van der Waals surface area contributed by atoms with Gasteiger partial charge in [-0.25, -0.2) is 13.2 Å². The lowest BCUT2D eigenvalue weighted by Crippen LogP contribution is -2.63. The number of alkyl halides is 7. The number of carbonyl (C=O) groups is 1. The van der Waals surface area contributed by atoms with Crippen LogP contribution in [0.15, 0.2) is 0 Å². The lowest BCUT2D eigenvalue weighted by atomic mass is 9.88. The van der Waals surface area contributed by atoms with Crippen LogP contribution in [0.4, 0.5) is 30.7 Å². The normalized spacial score (nSPS) is 14.9. The van der Waals surface area contributed by atoms with E-state index in [0.717, 1.165) is 0 Å². The summed E-state index contributed by atoms with van der Waals surface area (Å²) in [5.41, 5.74) is -6.74. The zero-order valence-corrected chi connectivity index (χ0v) is 13.0. The fourth-order valence-corrected chi connectivity index (χ4v) is 1.81. The van der Waals surface area contributed by atoms with Gasteiger partial charge in [0.05, 0.1) is 0 Å². The van der Waals surface area contributed by atoms with Gasteiger partial charge in [-0.15, -0.1) is 0 Å². The van der Waals surface area contributed by atoms with Crippen molar-refractivity contribution in [2.75, 3.05) is 0 Å². The Morgan fingerprint density at radius 2 is 1.30 bits per heavy atom. The molecule has 3 nitrogen and oxygen atoms in total. The van der Waals surface area contributed by atoms with Crippen molar-refractivity contribution < 1.29 is 45.4 Å². The molecule has 0 radical (unpaired) electrons. The van der Waals surface area contributed by atoms with Gasteiger partial charge in [0.15, 0.2) is 11.3 Å². The molecule has 0 aliphatic heterocycles. The molecule has 0 aliphatic rings. The Balaban J connectivity index is 5.44. The van der Waals surface area contributed by atoms with Crippen LogP contribution in [0.3, 0.4) is 0 Å². The van der Waals surface area contributed by atoms with Gasteiger partial charge >= 0.3 is 18.0 Å². The first-order valence-corrected chi connectivity index (χ1v) is 6.62. The van der Waals surface area contributed by atoms with Crippen LogP contribution in [0.5, 0.6) is 0 Å². The number of carboxylic acid groups (broad SMARTS) is 1. The Morgan fingerprint density at radius 3 is 1.61 bits per heavy atom. The summed E-state index contributed by atoms with van der Waals surface area (Å²) < 4.78 is 99.5. The zero-order valence-electron chi connectivity index (χ0n) is 13.0. The summed E-state index contributed by atoms with van der Waals surface area (Å²) in [6.45, 7) is 1.47. The number of ether oxygens (including phenoxy) is 1. The molecule has 1 N–H and O–H groups in total. The van der Waals surface area contributed by atoms with E-state index < -0.39 is 54.5 Å². The average Bonchev–Trinajstić information content (AvgIpc) is 2.23. The molecule has 0 aromatic rings. The first-order valence-electron chi connectivity index (χ1n) is 6.62. The van der Waals surface area contributed by atoms with Crippen LogP contribution in [0, 0.1) is 0 Å². The monoisotopic (exact) mass is 356 g/mol. The molecule has 0 fully saturated rings. The van der Waals surface area contributed by atoms with Gasteiger partial charge < -0.3 is 5.11 Å². The van der Waals surface area contributed by atoms with Crippen molar-refractivity contribution in [2.45, 2.75) is 76.2 Å². The molecule has 0 aromatic heterocycles. The summed E-state index contributed by atoms with van der Waals surface area (Å²) >= 11 is 0. The zero-order chi connectivity index (χ0) is 18.9. The lowest BCUT2D eigenvalue weighted by Gasteiger charge is -2.43. The molecule has 0 spiro atoms. The first kappa shape index (κ1) is 21.9. The highest BCUT2D eigenvalue weighted by atomic mass is 19.3. The highest BCUT2D eigenvalue weighted by molar-refractivity contribution is 5.66. The maximum absolute atomic E-state index is 14.4. The number of rotatable bonds is 9. The van der Waals surface area contributed by atoms with E-state index >= 15 is 0 Å². The fourth-order valence-electron chi connectivity index (χ4n) is 1.81. The quantitative estimate of drug-likeness (QED) is 0.612. The van der Waals surface area contributed by atoms with Gasteiger partial charge in [0.1, 0.15) is 0 Å². The van der Waals surface area contributed by atoms with E-state index in [2.05, 4.69) is 4.74 Å². The van der Waals surface area contributed by atoms with E-state index in [1.165, 1.54) is 0 Å². The molecular formula is C13H19F7O3. The van der Waals surface area contributed by atoms with Gasteiger partial charge in [-0.1, -0.05) is 0 Å². The van der Waals surface area contributed by atoms with Crippen LogP contribution >= 0.6 is 0 Å². The highest BCUT2D eigenvalue weighted by Crippen LogP contribution is 2.50. The van der Waals surface area contributed by atoms with Crippen LogP contribution in [0.25, 0.3) is 0 Å². The van der Waals surface area contributed by atoms with E-state index in [1.54, 1.807) is 0 Å². The van der Waals surface area contributed by atoms with Crippen LogP contribution in [0.1, 0.15) is 47.0 Å². The van der Waals surface area contributed by atoms with Crippen LogP contribution in [-0.2, 0) is 9.53 Å². The third-order valence-corrected chi connectivity index (χ3v) is 3.11. The third kappa shape index (κ3) is 4.95. The van der Waals surface area contributed by atoms with E-state index in [0.29, 0.717) is 27.7 Å². The van der Waals surface area contributed by atoms with Gasteiger partial charge in [-0.3, -0.25) is 9.53 Å². The van der Waals surface area contributed by atoms with Crippen molar-refractivity contribution in [2.24, 2.45) is 0 Å². The molecule has 0 rings (SSSR count).